The Bertz CT molecular complexity index is 622. The number of nitrogens with one attached hydrogen (secondary N) is 1. The smallest absolute Gasteiger partial charge is 0.159 e. The van der Waals surface area contributed by atoms with Crippen molar-refractivity contribution in [2.75, 3.05) is 18.0 Å². The van der Waals surface area contributed by atoms with Crippen molar-refractivity contribution in [2.45, 2.75) is 25.8 Å². The lowest BCUT2D eigenvalue weighted by Gasteiger charge is -2.36. The fourth-order valence-corrected chi connectivity index (χ4v) is 3.07. The van der Waals surface area contributed by atoms with E-state index < -0.39 is 0 Å². The molecule has 1 fully saturated rings. The molecule has 2 aromatic carbocycles. The maximum atomic E-state index is 11.5. The molecule has 3 heteroatoms. The molecule has 0 aromatic heterocycles. The summed E-state index contributed by atoms with van der Waals surface area (Å²) in [7, 11) is 0. The first-order valence-corrected chi connectivity index (χ1v) is 7.92. The molecule has 1 unspecified atom stereocenters. The quantitative estimate of drug-likeness (QED) is 0.865. The van der Waals surface area contributed by atoms with Gasteiger partial charge in [-0.05, 0) is 62.7 Å². The molecule has 1 aliphatic rings. The van der Waals surface area contributed by atoms with Gasteiger partial charge < -0.3 is 10.2 Å². The highest BCUT2D eigenvalue weighted by atomic mass is 16.1. The Morgan fingerprint density at radius 3 is 2.36 bits per heavy atom. The lowest BCUT2D eigenvalue weighted by molar-refractivity contribution is 0.101. The molecule has 1 saturated heterocycles. The van der Waals surface area contributed by atoms with Crippen molar-refractivity contribution in [1.82, 2.24) is 5.32 Å². The van der Waals surface area contributed by atoms with Crippen LogP contribution in [0.3, 0.4) is 0 Å². The molecule has 0 amide bonds. The normalized spacial score (nSPS) is 18.0. The largest absolute Gasteiger partial charge is 0.337 e. The summed E-state index contributed by atoms with van der Waals surface area (Å²) in [6.07, 6.45) is 2.37. The molecular weight excluding hydrogens is 272 g/mol. The second-order valence-corrected chi connectivity index (χ2v) is 5.81. The van der Waals surface area contributed by atoms with Crippen LogP contribution in [0.1, 0.15) is 31.6 Å². The van der Waals surface area contributed by atoms with Crippen LogP contribution >= 0.6 is 0 Å². The van der Waals surface area contributed by atoms with Crippen molar-refractivity contribution < 1.29 is 6.22 Å². The van der Waals surface area contributed by atoms with E-state index in [0.29, 0.717) is 6.04 Å². The zero-order chi connectivity index (χ0) is 15.4. The number of para-hydroxylation sites is 1. The molecule has 3 nitrogen and oxygen atoms in total. The summed E-state index contributed by atoms with van der Waals surface area (Å²) in [4.78, 5) is 13.9. The van der Waals surface area contributed by atoms with Crippen LogP contribution in [0.2, 0.25) is 0 Å². The standard InChI is InChI=1S/C19H22N2O.H2/c1-15(22)16-9-11-18(12-10-16)21(17-6-3-2-4-7-17)19-8-5-13-20-14-19;/h2-4,6-7,9-12,19-20H,5,8,13-14H2,1H3;1H. The maximum absolute atomic E-state index is 11.5. The number of Topliss-reactive ketones (excluding diaryl/α,β-unsaturated/α-hetero) is 1. The van der Waals surface area contributed by atoms with E-state index in [9.17, 15) is 4.79 Å². The Balaban J connectivity index is 0.00000192. The van der Waals surface area contributed by atoms with Crippen molar-refractivity contribution in [3.05, 3.63) is 60.2 Å². The molecule has 0 saturated carbocycles. The summed E-state index contributed by atoms with van der Waals surface area (Å²) in [6, 6.07) is 18.9. The topological polar surface area (TPSA) is 32.3 Å². The van der Waals surface area contributed by atoms with Crippen LogP contribution in [-0.4, -0.2) is 24.9 Å². The highest BCUT2D eigenvalue weighted by Crippen LogP contribution is 2.30. The second kappa shape index (κ2) is 6.75. The number of carbonyl (C=O) groups is 1. The Labute approximate surface area is 133 Å². The van der Waals surface area contributed by atoms with Crippen LogP contribution in [0.15, 0.2) is 54.6 Å². The Hall–Kier alpha value is -2.13. The van der Waals surface area contributed by atoms with Crippen LogP contribution < -0.4 is 10.2 Å². The molecule has 1 atom stereocenters. The number of anilines is 2. The predicted octanol–water partition coefficient (Wildman–Crippen LogP) is 4.03. The van der Waals surface area contributed by atoms with Crippen molar-refractivity contribution >= 4 is 17.2 Å². The lowest BCUT2D eigenvalue weighted by Crippen LogP contribution is -2.43. The monoisotopic (exact) mass is 296 g/mol. The predicted molar refractivity (Wildman–Crippen MR) is 93.0 cm³/mol. The maximum Gasteiger partial charge on any atom is 0.159 e. The zero-order valence-electron chi connectivity index (χ0n) is 13.0. The second-order valence-electron chi connectivity index (χ2n) is 5.81. The van der Waals surface area contributed by atoms with E-state index in [1.165, 1.54) is 18.5 Å². The van der Waals surface area contributed by atoms with Crippen LogP contribution in [0.4, 0.5) is 11.4 Å². The van der Waals surface area contributed by atoms with Crippen molar-refractivity contribution in [1.29, 1.82) is 0 Å². The summed E-state index contributed by atoms with van der Waals surface area (Å²) >= 11 is 0. The van der Waals surface area contributed by atoms with Gasteiger partial charge in [-0.2, -0.15) is 0 Å². The summed E-state index contributed by atoms with van der Waals surface area (Å²) in [5.74, 6) is 0.108. The van der Waals surface area contributed by atoms with E-state index >= 15 is 0 Å². The minimum Gasteiger partial charge on any atom is -0.337 e. The highest BCUT2D eigenvalue weighted by molar-refractivity contribution is 5.94. The summed E-state index contributed by atoms with van der Waals surface area (Å²) in [5, 5.41) is 3.49. The zero-order valence-corrected chi connectivity index (χ0v) is 13.0. The van der Waals surface area contributed by atoms with Gasteiger partial charge in [-0.3, -0.25) is 4.79 Å². The van der Waals surface area contributed by atoms with Crippen molar-refractivity contribution in [3.63, 3.8) is 0 Å². The molecule has 1 heterocycles. The molecule has 0 radical (unpaired) electrons. The molecule has 1 aliphatic heterocycles. The number of benzene rings is 2. The van der Waals surface area contributed by atoms with E-state index in [2.05, 4.69) is 46.6 Å². The molecule has 2 aromatic rings. The van der Waals surface area contributed by atoms with E-state index in [0.717, 1.165) is 24.3 Å². The minimum absolute atomic E-state index is 0. The molecule has 0 spiro atoms. The first-order valence-electron chi connectivity index (χ1n) is 7.92. The number of nitrogens with zero attached hydrogens (tertiary/aromatic N) is 1. The Kier molecular flexibility index (Phi) is 4.54. The fourth-order valence-electron chi connectivity index (χ4n) is 3.07. The average Bonchev–Trinajstić information content (AvgIpc) is 2.57. The van der Waals surface area contributed by atoms with Gasteiger partial charge in [0.15, 0.2) is 5.78 Å². The van der Waals surface area contributed by atoms with E-state index in [1.807, 2.05) is 18.2 Å². The van der Waals surface area contributed by atoms with Crippen molar-refractivity contribution in [3.8, 4) is 0 Å². The van der Waals surface area contributed by atoms with E-state index in [4.69, 9.17) is 0 Å². The molecule has 116 valence electrons. The first kappa shape index (κ1) is 14.8. The Morgan fingerprint density at radius 1 is 1.09 bits per heavy atom. The molecule has 1 N–H and O–H groups in total. The third-order valence-electron chi connectivity index (χ3n) is 4.22. The number of hydrogen-bond acceptors (Lipinski definition) is 3. The van der Waals surface area contributed by atoms with Gasteiger partial charge in [0, 0.05) is 31.0 Å². The van der Waals surface area contributed by atoms with Gasteiger partial charge in [-0.25, -0.2) is 0 Å². The molecular formula is C19H24N2O. The number of ketones is 1. The van der Waals surface area contributed by atoms with E-state index in [1.54, 1.807) is 6.92 Å². The van der Waals surface area contributed by atoms with Gasteiger partial charge in [0.05, 0.1) is 0 Å². The first-order chi connectivity index (χ1) is 10.8. The molecule has 3 rings (SSSR count). The summed E-state index contributed by atoms with van der Waals surface area (Å²) in [6.45, 7) is 3.70. The molecule has 0 aliphatic carbocycles. The third-order valence-corrected chi connectivity index (χ3v) is 4.22. The van der Waals surface area contributed by atoms with Crippen LogP contribution in [-0.2, 0) is 0 Å². The third kappa shape index (κ3) is 3.20. The minimum atomic E-state index is 0. The van der Waals surface area contributed by atoms with Gasteiger partial charge in [0.25, 0.3) is 0 Å². The van der Waals surface area contributed by atoms with Crippen LogP contribution in [0, 0.1) is 0 Å². The van der Waals surface area contributed by atoms with E-state index in [-0.39, 0.29) is 7.21 Å². The SMILES string of the molecule is CC(=O)c1ccc(N(c2ccccc2)C2CCCNC2)cc1.[HH]. The number of hydrogen-bond donors (Lipinski definition) is 1. The lowest BCUT2D eigenvalue weighted by atomic mass is 10.0. The van der Waals surface area contributed by atoms with Gasteiger partial charge in [0.1, 0.15) is 0 Å². The van der Waals surface area contributed by atoms with Gasteiger partial charge in [-0.15, -0.1) is 0 Å². The summed E-state index contributed by atoms with van der Waals surface area (Å²) < 4.78 is 0. The van der Waals surface area contributed by atoms with Crippen LogP contribution in [0.5, 0.6) is 0 Å². The Morgan fingerprint density at radius 2 is 1.77 bits per heavy atom. The molecule has 0 bridgehead atoms. The number of piperidine rings is 1. The number of rotatable bonds is 4. The van der Waals surface area contributed by atoms with Crippen molar-refractivity contribution in [2.24, 2.45) is 0 Å². The molecule has 22 heavy (non-hydrogen) atoms. The fraction of sp³-hybridized carbons (Fsp3) is 0.316. The number of carbonyl (C=O) groups excluding carboxylic acids is 1. The van der Waals surface area contributed by atoms with Gasteiger partial charge in [-0.1, -0.05) is 18.2 Å². The highest BCUT2D eigenvalue weighted by Gasteiger charge is 2.22. The van der Waals surface area contributed by atoms with Crippen LogP contribution in [0.25, 0.3) is 0 Å². The van der Waals surface area contributed by atoms with Gasteiger partial charge in [0.2, 0.25) is 0 Å². The summed E-state index contributed by atoms with van der Waals surface area (Å²) in [5.41, 5.74) is 3.11. The van der Waals surface area contributed by atoms with Gasteiger partial charge >= 0.3 is 0 Å². The average molecular weight is 296 g/mol.